The fraction of sp³-hybridized carbons (Fsp3) is 0.375. The van der Waals surface area contributed by atoms with E-state index in [4.69, 9.17) is 4.74 Å². The fourth-order valence-electron chi connectivity index (χ4n) is 2.95. The number of hydrogen-bond donors (Lipinski definition) is 2. The first kappa shape index (κ1) is 15.5. The van der Waals surface area contributed by atoms with Crippen LogP contribution in [0.25, 0.3) is 0 Å². The van der Waals surface area contributed by atoms with Crippen LogP contribution in [0.3, 0.4) is 0 Å². The quantitative estimate of drug-likeness (QED) is 0.804. The van der Waals surface area contributed by atoms with Crippen molar-refractivity contribution in [1.29, 1.82) is 0 Å². The Bertz CT molecular complexity index is 674. The Balaban J connectivity index is 1.88. The van der Waals surface area contributed by atoms with Crippen molar-refractivity contribution in [3.63, 3.8) is 0 Å². The van der Waals surface area contributed by atoms with Crippen molar-refractivity contribution >= 4 is 11.9 Å². The van der Waals surface area contributed by atoms with Crippen LogP contribution in [0.15, 0.2) is 35.5 Å². The maximum atomic E-state index is 14.1. The van der Waals surface area contributed by atoms with Crippen molar-refractivity contribution in [2.75, 3.05) is 26.8 Å². The zero-order valence-corrected chi connectivity index (χ0v) is 12.8. The monoisotopic (exact) mass is 319 g/mol. The minimum atomic E-state index is -0.764. The van der Waals surface area contributed by atoms with Crippen molar-refractivity contribution < 1.29 is 18.7 Å². The third kappa shape index (κ3) is 2.92. The number of benzene rings is 1. The summed E-state index contributed by atoms with van der Waals surface area (Å²) in [5.41, 5.74) is 1.25. The number of methoxy groups -OCH3 is 1. The van der Waals surface area contributed by atoms with Crippen LogP contribution in [-0.2, 0) is 9.53 Å². The predicted molar refractivity (Wildman–Crippen MR) is 80.9 cm³/mol. The van der Waals surface area contributed by atoms with Crippen molar-refractivity contribution in [3.05, 3.63) is 46.9 Å². The second-order valence-corrected chi connectivity index (χ2v) is 5.52. The largest absolute Gasteiger partial charge is 0.385 e. The summed E-state index contributed by atoms with van der Waals surface area (Å²) in [4.78, 5) is 26.1. The standard InChI is InChI=1S/C16H18FN3O3/c1-23-8-4-7-20-9-12-13(15(20)21)14(19-16(22)18-12)10-5-2-3-6-11(10)17/h2-3,5-6,14H,4,7-9H2,1H3,(H2,18,19,22)/t14-/m1/s1. The summed E-state index contributed by atoms with van der Waals surface area (Å²) < 4.78 is 19.1. The molecule has 2 heterocycles. The van der Waals surface area contributed by atoms with Crippen LogP contribution in [0, 0.1) is 5.82 Å². The van der Waals surface area contributed by atoms with Gasteiger partial charge in [0.15, 0.2) is 0 Å². The topological polar surface area (TPSA) is 70.7 Å². The zero-order chi connectivity index (χ0) is 16.4. The summed E-state index contributed by atoms with van der Waals surface area (Å²) in [6.45, 7) is 1.41. The first-order valence-electron chi connectivity index (χ1n) is 7.45. The van der Waals surface area contributed by atoms with E-state index in [-0.39, 0.29) is 5.91 Å². The van der Waals surface area contributed by atoms with E-state index in [0.29, 0.717) is 43.0 Å². The third-order valence-corrected chi connectivity index (χ3v) is 4.01. The summed E-state index contributed by atoms with van der Waals surface area (Å²) in [7, 11) is 1.60. The normalized spacial score (nSPS) is 20.4. The summed E-state index contributed by atoms with van der Waals surface area (Å²) >= 11 is 0. The molecule has 0 spiro atoms. The molecule has 1 atom stereocenters. The smallest absolute Gasteiger partial charge is 0.319 e. The number of carbonyl (C=O) groups is 2. The Morgan fingerprint density at radius 3 is 2.87 bits per heavy atom. The molecule has 2 N–H and O–H groups in total. The third-order valence-electron chi connectivity index (χ3n) is 4.01. The van der Waals surface area contributed by atoms with Crippen LogP contribution in [-0.4, -0.2) is 43.6 Å². The molecule has 2 aliphatic rings. The molecule has 3 rings (SSSR count). The van der Waals surface area contributed by atoms with E-state index in [1.165, 1.54) is 6.07 Å². The molecule has 3 amide bonds. The minimum absolute atomic E-state index is 0.183. The number of carbonyl (C=O) groups excluding carboxylic acids is 2. The second kappa shape index (κ2) is 6.37. The summed E-state index contributed by atoms with van der Waals surface area (Å²) in [5, 5.41) is 5.30. The Morgan fingerprint density at radius 2 is 2.13 bits per heavy atom. The molecule has 0 aromatic heterocycles. The number of ether oxygens (including phenoxy) is 1. The van der Waals surface area contributed by atoms with E-state index >= 15 is 0 Å². The van der Waals surface area contributed by atoms with E-state index in [1.807, 2.05) is 0 Å². The number of hydrogen-bond acceptors (Lipinski definition) is 3. The Hall–Kier alpha value is -2.41. The van der Waals surface area contributed by atoms with E-state index in [0.717, 1.165) is 0 Å². The lowest BCUT2D eigenvalue weighted by Crippen LogP contribution is -2.44. The molecule has 122 valence electrons. The lowest BCUT2D eigenvalue weighted by Gasteiger charge is -2.25. The fourth-order valence-corrected chi connectivity index (χ4v) is 2.95. The summed E-state index contributed by atoms with van der Waals surface area (Å²) in [6.07, 6.45) is 0.703. The van der Waals surface area contributed by atoms with Gasteiger partial charge in [0.1, 0.15) is 5.82 Å². The summed E-state index contributed by atoms with van der Waals surface area (Å²) in [6, 6.07) is 4.97. The van der Waals surface area contributed by atoms with Gasteiger partial charge in [-0.3, -0.25) is 4.79 Å². The number of amides is 3. The molecular weight excluding hydrogens is 301 g/mol. The van der Waals surface area contributed by atoms with Gasteiger partial charge in [0.05, 0.1) is 23.9 Å². The van der Waals surface area contributed by atoms with Crippen molar-refractivity contribution in [2.45, 2.75) is 12.5 Å². The molecule has 0 aliphatic carbocycles. The molecular formula is C16H18FN3O3. The number of halogens is 1. The van der Waals surface area contributed by atoms with Crippen LogP contribution < -0.4 is 10.6 Å². The second-order valence-electron chi connectivity index (χ2n) is 5.52. The SMILES string of the molecule is COCCCN1CC2=C(C1=O)[C@@H](c1ccccc1F)NC(=O)N2. The van der Waals surface area contributed by atoms with E-state index < -0.39 is 17.9 Å². The number of nitrogens with one attached hydrogen (secondary N) is 2. The molecule has 0 unspecified atom stereocenters. The highest BCUT2D eigenvalue weighted by molar-refractivity contribution is 6.01. The first-order valence-corrected chi connectivity index (χ1v) is 7.45. The van der Waals surface area contributed by atoms with Gasteiger partial charge in [-0.1, -0.05) is 18.2 Å². The summed E-state index contributed by atoms with van der Waals surface area (Å²) in [5.74, 6) is -0.631. The number of urea groups is 1. The Labute approximate surface area is 133 Å². The van der Waals surface area contributed by atoms with Crippen molar-refractivity contribution in [3.8, 4) is 0 Å². The molecule has 23 heavy (non-hydrogen) atoms. The lowest BCUT2D eigenvalue weighted by molar-refractivity contribution is -0.125. The first-order chi connectivity index (χ1) is 11.1. The molecule has 1 aromatic rings. The van der Waals surface area contributed by atoms with Gasteiger partial charge >= 0.3 is 6.03 Å². The number of nitrogens with zero attached hydrogens (tertiary/aromatic N) is 1. The van der Waals surface area contributed by atoms with Crippen LogP contribution in [0.4, 0.5) is 9.18 Å². The van der Waals surface area contributed by atoms with Crippen LogP contribution in [0.1, 0.15) is 18.0 Å². The van der Waals surface area contributed by atoms with Gasteiger partial charge in [-0.2, -0.15) is 0 Å². The Kier molecular flexibility index (Phi) is 4.29. The van der Waals surface area contributed by atoms with Crippen LogP contribution >= 0.6 is 0 Å². The molecule has 7 heteroatoms. The zero-order valence-electron chi connectivity index (χ0n) is 12.8. The average Bonchev–Trinajstić information content (AvgIpc) is 2.83. The highest BCUT2D eigenvalue weighted by Gasteiger charge is 2.40. The van der Waals surface area contributed by atoms with Crippen molar-refractivity contribution in [2.24, 2.45) is 0 Å². The van der Waals surface area contributed by atoms with Gasteiger partial charge in [0.2, 0.25) is 0 Å². The van der Waals surface area contributed by atoms with E-state index in [9.17, 15) is 14.0 Å². The van der Waals surface area contributed by atoms with Gasteiger partial charge in [-0.25, -0.2) is 9.18 Å². The maximum Gasteiger partial charge on any atom is 0.319 e. The van der Waals surface area contributed by atoms with Crippen molar-refractivity contribution in [1.82, 2.24) is 15.5 Å². The molecule has 2 aliphatic heterocycles. The van der Waals surface area contributed by atoms with Gasteiger partial charge in [-0.15, -0.1) is 0 Å². The highest BCUT2D eigenvalue weighted by atomic mass is 19.1. The van der Waals surface area contributed by atoms with E-state index in [2.05, 4.69) is 10.6 Å². The van der Waals surface area contributed by atoms with Crippen LogP contribution in [0.2, 0.25) is 0 Å². The number of rotatable bonds is 5. The molecule has 6 nitrogen and oxygen atoms in total. The molecule has 0 bridgehead atoms. The average molecular weight is 319 g/mol. The molecule has 0 radical (unpaired) electrons. The van der Waals surface area contributed by atoms with Gasteiger partial charge in [0.25, 0.3) is 5.91 Å². The van der Waals surface area contributed by atoms with Gasteiger partial charge < -0.3 is 20.3 Å². The van der Waals surface area contributed by atoms with Gasteiger partial charge in [-0.05, 0) is 12.5 Å². The predicted octanol–water partition coefficient (Wildman–Crippen LogP) is 1.31. The van der Waals surface area contributed by atoms with Gasteiger partial charge in [0, 0.05) is 25.8 Å². The Morgan fingerprint density at radius 1 is 1.35 bits per heavy atom. The molecule has 0 fully saturated rings. The minimum Gasteiger partial charge on any atom is -0.385 e. The maximum absolute atomic E-state index is 14.1. The lowest BCUT2D eigenvalue weighted by atomic mass is 9.96. The van der Waals surface area contributed by atoms with Crippen LogP contribution in [0.5, 0.6) is 0 Å². The molecule has 1 aromatic carbocycles. The molecule has 0 saturated carbocycles. The van der Waals surface area contributed by atoms with E-state index in [1.54, 1.807) is 30.2 Å². The molecule has 0 saturated heterocycles. The highest BCUT2D eigenvalue weighted by Crippen LogP contribution is 2.33.